The highest BCUT2D eigenvalue weighted by atomic mass is 16.7. The predicted molar refractivity (Wildman–Crippen MR) is 175 cm³/mol. The molecule has 2 aliphatic heterocycles. The third kappa shape index (κ3) is 14.2. The number of hydrogen-bond donors (Lipinski definition) is 9. The van der Waals surface area contributed by atoms with Crippen molar-refractivity contribution >= 4 is 5.91 Å². The van der Waals surface area contributed by atoms with Gasteiger partial charge in [0.1, 0.15) is 48.8 Å². The summed E-state index contributed by atoms with van der Waals surface area (Å²) in [5.74, 6) is -0.258. The van der Waals surface area contributed by atoms with E-state index in [-0.39, 0.29) is 18.9 Å². The van der Waals surface area contributed by atoms with Gasteiger partial charge >= 0.3 is 0 Å². The summed E-state index contributed by atoms with van der Waals surface area (Å²) in [5, 5.41) is 85.5. The first-order chi connectivity index (χ1) is 23.1. The van der Waals surface area contributed by atoms with Crippen LogP contribution in [0.25, 0.3) is 0 Å². The largest absolute Gasteiger partial charge is 0.394 e. The maximum Gasteiger partial charge on any atom is 0.220 e. The number of aliphatic hydroxyl groups excluding tert-OH is 8. The van der Waals surface area contributed by atoms with Gasteiger partial charge in [-0.3, -0.25) is 4.79 Å². The Hall–Kier alpha value is -1.27. The first-order valence-corrected chi connectivity index (χ1v) is 17.9. The molecule has 0 spiro atoms. The molecule has 0 aromatic rings. The molecule has 2 rings (SSSR count). The van der Waals surface area contributed by atoms with Gasteiger partial charge < -0.3 is 65.1 Å². The molecule has 2 fully saturated rings. The normalized spacial score (nSPS) is 32.4. The fraction of sp³-hybridized carbons (Fsp3) is 0.912. The van der Waals surface area contributed by atoms with Gasteiger partial charge in [0.05, 0.1) is 32.0 Å². The van der Waals surface area contributed by atoms with Crippen molar-refractivity contribution in [2.45, 2.75) is 177 Å². The summed E-state index contributed by atoms with van der Waals surface area (Å²) < 4.78 is 22.4. The lowest BCUT2D eigenvalue weighted by Crippen LogP contribution is -2.65. The smallest absolute Gasteiger partial charge is 0.220 e. The number of amides is 1. The van der Waals surface area contributed by atoms with Crippen molar-refractivity contribution in [3.8, 4) is 0 Å². The third-order valence-corrected chi connectivity index (χ3v) is 8.97. The van der Waals surface area contributed by atoms with Crippen molar-refractivity contribution in [1.29, 1.82) is 0 Å². The van der Waals surface area contributed by atoms with Crippen LogP contribution >= 0.6 is 0 Å². The predicted octanol–water partition coefficient (Wildman–Crippen LogP) is 0.530. The second-order valence-corrected chi connectivity index (χ2v) is 13.0. The lowest BCUT2D eigenvalue weighted by Gasteiger charge is -2.46. The van der Waals surface area contributed by atoms with Gasteiger partial charge in [0.2, 0.25) is 5.91 Å². The van der Waals surface area contributed by atoms with Crippen LogP contribution in [0.4, 0.5) is 0 Å². The number of unbranched alkanes of at least 4 members (excludes halogenated alkanes) is 11. The fourth-order valence-electron chi connectivity index (χ4n) is 5.87. The van der Waals surface area contributed by atoms with Gasteiger partial charge in [-0.1, -0.05) is 90.2 Å². The van der Waals surface area contributed by atoms with Crippen molar-refractivity contribution in [2.24, 2.45) is 0 Å². The standard InChI is InChI=1S/C34H63NO13/c1-3-5-7-9-10-11-12-14-15-17-23(38)22(35-26(39)18-16-13-8-6-4-2)21-45-33-31(44)29(42)32(25(20-37)47-33)48-34-30(43)28(41)27(40)24(19-36)46-34/h15,17,22-25,27-34,36-38,40-44H,3-14,16,18-21H2,1-2H3,(H,35,39)/b17-15+. The Labute approximate surface area is 285 Å². The van der Waals surface area contributed by atoms with Gasteiger partial charge in [-0.05, 0) is 19.3 Å². The minimum absolute atomic E-state index is 0.258. The van der Waals surface area contributed by atoms with E-state index in [0.29, 0.717) is 6.42 Å². The molecule has 2 saturated heterocycles. The zero-order valence-electron chi connectivity index (χ0n) is 28.7. The SMILES string of the molecule is CCCCCCCCC/C=C/C(O)C(COC1OC(CO)C(OC2OC(CO)C(O)C(O)C2O)C(O)C1O)NC(=O)CCCCCCC. The number of rotatable bonds is 24. The molecule has 9 N–H and O–H groups in total. The molecule has 14 heteroatoms. The molecule has 0 radical (unpaired) electrons. The van der Waals surface area contributed by atoms with Crippen LogP contribution < -0.4 is 5.32 Å². The number of allylic oxidation sites excluding steroid dienone is 1. The quantitative estimate of drug-likeness (QED) is 0.0497. The minimum Gasteiger partial charge on any atom is -0.394 e. The summed E-state index contributed by atoms with van der Waals surface area (Å²) in [6.07, 6.45) is 0.593. The summed E-state index contributed by atoms with van der Waals surface area (Å²) in [5.41, 5.74) is 0. The average molecular weight is 694 g/mol. The molecule has 0 aromatic carbocycles. The maximum absolute atomic E-state index is 12.8. The van der Waals surface area contributed by atoms with Gasteiger partial charge in [0.25, 0.3) is 0 Å². The summed E-state index contributed by atoms with van der Waals surface area (Å²) in [4.78, 5) is 12.8. The zero-order chi connectivity index (χ0) is 35.5. The Morgan fingerprint density at radius 3 is 1.92 bits per heavy atom. The molecule has 0 aromatic heterocycles. The Morgan fingerprint density at radius 1 is 0.729 bits per heavy atom. The first kappa shape index (κ1) is 42.9. The van der Waals surface area contributed by atoms with Crippen LogP contribution in [-0.4, -0.2) is 140 Å². The number of hydrogen-bond acceptors (Lipinski definition) is 13. The van der Waals surface area contributed by atoms with E-state index < -0.39 is 86.8 Å². The Kier molecular flexibility index (Phi) is 21.5. The third-order valence-electron chi connectivity index (χ3n) is 8.97. The molecule has 12 unspecified atom stereocenters. The molecule has 282 valence electrons. The Morgan fingerprint density at radius 2 is 1.29 bits per heavy atom. The summed E-state index contributed by atoms with van der Waals surface area (Å²) in [6, 6.07) is -0.901. The summed E-state index contributed by atoms with van der Waals surface area (Å²) in [6.45, 7) is 2.59. The van der Waals surface area contributed by atoms with Gasteiger partial charge in [0.15, 0.2) is 12.6 Å². The number of carbonyl (C=O) groups is 1. The van der Waals surface area contributed by atoms with E-state index in [2.05, 4.69) is 19.2 Å². The van der Waals surface area contributed by atoms with Gasteiger partial charge in [-0.2, -0.15) is 0 Å². The van der Waals surface area contributed by atoms with Crippen molar-refractivity contribution in [1.82, 2.24) is 5.32 Å². The number of ether oxygens (including phenoxy) is 4. The van der Waals surface area contributed by atoms with E-state index in [1.165, 1.54) is 32.1 Å². The lowest BCUT2D eigenvalue weighted by atomic mass is 9.97. The van der Waals surface area contributed by atoms with Crippen molar-refractivity contribution < 1.29 is 64.6 Å². The zero-order valence-corrected chi connectivity index (χ0v) is 28.7. The molecule has 0 bridgehead atoms. The minimum atomic E-state index is -1.78. The summed E-state index contributed by atoms with van der Waals surface area (Å²) >= 11 is 0. The van der Waals surface area contributed by atoms with E-state index in [4.69, 9.17) is 18.9 Å². The molecule has 0 aliphatic carbocycles. The van der Waals surface area contributed by atoms with Crippen LogP contribution in [0.15, 0.2) is 12.2 Å². The Balaban J connectivity index is 2.01. The molecule has 1 amide bonds. The monoisotopic (exact) mass is 693 g/mol. The second-order valence-electron chi connectivity index (χ2n) is 13.0. The number of nitrogens with one attached hydrogen (secondary N) is 1. The van der Waals surface area contributed by atoms with Crippen molar-refractivity contribution in [3.05, 3.63) is 12.2 Å². The van der Waals surface area contributed by atoms with Gasteiger partial charge in [0, 0.05) is 6.42 Å². The summed E-state index contributed by atoms with van der Waals surface area (Å²) in [7, 11) is 0. The molecule has 12 atom stereocenters. The first-order valence-electron chi connectivity index (χ1n) is 17.9. The lowest BCUT2D eigenvalue weighted by molar-refractivity contribution is -0.359. The van der Waals surface area contributed by atoms with E-state index in [9.17, 15) is 45.6 Å². The van der Waals surface area contributed by atoms with Gasteiger partial charge in [-0.15, -0.1) is 0 Å². The Bertz CT molecular complexity index is 878. The fourth-order valence-corrected chi connectivity index (χ4v) is 5.87. The van der Waals surface area contributed by atoms with E-state index in [1.54, 1.807) is 6.08 Å². The highest BCUT2D eigenvalue weighted by Crippen LogP contribution is 2.29. The number of aliphatic hydroxyl groups is 8. The highest BCUT2D eigenvalue weighted by Gasteiger charge is 2.50. The molecule has 2 aliphatic rings. The van der Waals surface area contributed by atoms with E-state index >= 15 is 0 Å². The van der Waals surface area contributed by atoms with Crippen LogP contribution in [0.1, 0.15) is 104 Å². The molecular weight excluding hydrogens is 630 g/mol. The van der Waals surface area contributed by atoms with Crippen LogP contribution in [-0.2, 0) is 23.7 Å². The van der Waals surface area contributed by atoms with Crippen molar-refractivity contribution in [3.63, 3.8) is 0 Å². The second kappa shape index (κ2) is 24.0. The molecule has 48 heavy (non-hydrogen) atoms. The van der Waals surface area contributed by atoms with Crippen LogP contribution in [0.5, 0.6) is 0 Å². The van der Waals surface area contributed by atoms with E-state index in [0.717, 1.165) is 44.9 Å². The maximum atomic E-state index is 12.8. The van der Waals surface area contributed by atoms with Gasteiger partial charge in [-0.25, -0.2) is 0 Å². The average Bonchev–Trinajstić information content (AvgIpc) is 3.08. The van der Waals surface area contributed by atoms with Crippen LogP contribution in [0, 0.1) is 0 Å². The van der Waals surface area contributed by atoms with E-state index in [1.807, 2.05) is 6.08 Å². The van der Waals surface area contributed by atoms with Crippen LogP contribution in [0.3, 0.4) is 0 Å². The highest BCUT2D eigenvalue weighted by molar-refractivity contribution is 5.76. The molecule has 2 heterocycles. The molecule has 0 saturated carbocycles. The van der Waals surface area contributed by atoms with Crippen molar-refractivity contribution in [2.75, 3.05) is 19.8 Å². The van der Waals surface area contributed by atoms with Crippen LogP contribution in [0.2, 0.25) is 0 Å². The topological polar surface area (TPSA) is 228 Å². The number of carbonyl (C=O) groups excluding carboxylic acids is 1. The molecule has 14 nitrogen and oxygen atoms in total. The molecular formula is C34H63NO13.